The number of aliphatic imine (C=N–C) groups is 1. The standard InChI is InChI=1S/C24H37N7O8S/c1-40-10-8-17(23(38)39)30-22(37)18(11-13-4-6-14(32)7-5-13)31-21(36)16(3-2-9-28-24(26)27)29-20(35)15(25)12-19(33)34/h4-7,15-18,32H,2-3,8-12,25H2,1H3,(H,29,35)(H,30,37)(H,31,36)(H,33,34)(H,38,39)(H4,26,27,28). The number of carbonyl (C=O) groups excluding carboxylic acids is 3. The predicted molar refractivity (Wildman–Crippen MR) is 148 cm³/mol. The van der Waals surface area contributed by atoms with Crippen molar-refractivity contribution in [3.63, 3.8) is 0 Å². The Balaban J connectivity index is 3.18. The van der Waals surface area contributed by atoms with Gasteiger partial charge < -0.3 is 48.5 Å². The summed E-state index contributed by atoms with van der Waals surface area (Å²) in [5, 5.41) is 35.4. The van der Waals surface area contributed by atoms with Crippen molar-refractivity contribution in [3.05, 3.63) is 29.8 Å². The molecule has 0 aliphatic carbocycles. The minimum Gasteiger partial charge on any atom is -0.508 e. The number of thioether (sulfide) groups is 1. The molecule has 1 rings (SSSR count). The summed E-state index contributed by atoms with van der Waals surface area (Å²) < 4.78 is 0. The van der Waals surface area contributed by atoms with Crippen molar-refractivity contribution < 1.29 is 39.3 Å². The quantitative estimate of drug-likeness (QED) is 0.0520. The normalized spacial score (nSPS) is 13.7. The number of nitrogens with zero attached hydrogens (tertiary/aromatic N) is 1. The van der Waals surface area contributed by atoms with Gasteiger partial charge in [-0.05, 0) is 49.0 Å². The molecule has 1 aromatic carbocycles. The molecule has 0 saturated carbocycles. The SMILES string of the molecule is CSCCC(NC(=O)C(Cc1ccc(O)cc1)NC(=O)C(CCCN=C(N)N)NC(=O)C(N)CC(=O)O)C(=O)O. The van der Waals surface area contributed by atoms with Gasteiger partial charge in [0, 0.05) is 13.0 Å². The number of amides is 3. The zero-order chi connectivity index (χ0) is 30.2. The third-order valence-corrected chi connectivity index (χ3v) is 6.19. The molecule has 0 spiro atoms. The van der Waals surface area contributed by atoms with Crippen LogP contribution >= 0.6 is 11.8 Å². The van der Waals surface area contributed by atoms with Gasteiger partial charge in [-0.25, -0.2) is 4.79 Å². The maximum absolute atomic E-state index is 13.3. The van der Waals surface area contributed by atoms with Crippen LogP contribution in [-0.2, 0) is 30.4 Å². The number of nitrogens with two attached hydrogens (primary N) is 3. The molecule has 16 heteroatoms. The van der Waals surface area contributed by atoms with Crippen LogP contribution in [0.5, 0.6) is 5.75 Å². The van der Waals surface area contributed by atoms with E-state index in [0.29, 0.717) is 11.3 Å². The van der Waals surface area contributed by atoms with Gasteiger partial charge in [0.25, 0.3) is 0 Å². The van der Waals surface area contributed by atoms with Crippen molar-refractivity contribution in [2.75, 3.05) is 18.6 Å². The van der Waals surface area contributed by atoms with Crippen LogP contribution in [0.4, 0.5) is 0 Å². The van der Waals surface area contributed by atoms with Crippen LogP contribution in [-0.4, -0.2) is 93.7 Å². The molecule has 0 aromatic heterocycles. The van der Waals surface area contributed by atoms with Gasteiger partial charge in [0.1, 0.15) is 23.9 Å². The molecular weight excluding hydrogens is 546 g/mol. The molecule has 0 aliphatic heterocycles. The van der Waals surface area contributed by atoms with E-state index in [9.17, 15) is 34.2 Å². The van der Waals surface area contributed by atoms with Crippen molar-refractivity contribution in [1.29, 1.82) is 0 Å². The molecule has 3 amide bonds. The minimum absolute atomic E-state index is 0.00711. The van der Waals surface area contributed by atoms with Gasteiger partial charge in [-0.1, -0.05) is 12.1 Å². The highest BCUT2D eigenvalue weighted by Crippen LogP contribution is 2.12. The zero-order valence-electron chi connectivity index (χ0n) is 22.0. The van der Waals surface area contributed by atoms with Crippen LogP contribution in [0.1, 0.15) is 31.2 Å². The van der Waals surface area contributed by atoms with E-state index in [1.165, 1.54) is 36.0 Å². The molecule has 0 saturated heterocycles. The molecule has 0 radical (unpaired) electrons. The summed E-state index contributed by atoms with van der Waals surface area (Å²) >= 11 is 1.40. The second kappa shape index (κ2) is 17.5. The monoisotopic (exact) mass is 583 g/mol. The lowest BCUT2D eigenvalue weighted by atomic mass is 10.0. The Morgan fingerprint density at radius 2 is 1.48 bits per heavy atom. The lowest BCUT2D eigenvalue weighted by molar-refractivity contribution is -0.142. The largest absolute Gasteiger partial charge is 0.508 e. The molecule has 1 aromatic rings. The molecule has 4 unspecified atom stereocenters. The Morgan fingerprint density at radius 3 is 2.02 bits per heavy atom. The van der Waals surface area contributed by atoms with Gasteiger partial charge in [0.05, 0.1) is 12.5 Å². The number of carboxylic acid groups (broad SMARTS) is 2. The van der Waals surface area contributed by atoms with Crippen molar-refractivity contribution in [2.45, 2.75) is 56.3 Å². The topological polar surface area (TPSA) is 273 Å². The van der Waals surface area contributed by atoms with Crippen LogP contribution in [0.3, 0.4) is 0 Å². The maximum atomic E-state index is 13.3. The number of aliphatic carboxylic acids is 2. The van der Waals surface area contributed by atoms with Gasteiger partial charge in [-0.15, -0.1) is 0 Å². The number of guanidine groups is 1. The molecule has 0 heterocycles. The first kappa shape index (κ1) is 34.0. The van der Waals surface area contributed by atoms with Crippen molar-refractivity contribution >= 4 is 47.4 Å². The number of benzene rings is 1. The second-order valence-electron chi connectivity index (χ2n) is 8.83. The molecule has 40 heavy (non-hydrogen) atoms. The fourth-order valence-electron chi connectivity index (χ4n) is 3.45. The van der Waals surface area contributed by atoms with E-state index in [1.807, 2.05) is 0 Å². The smallest absolute Gasteiger partial charge is 0.326 e. The van der Waals surface area contributed by atoms with E-state index in [-0.39, 0.29) is 43.9 Å². The summed E-state index contributed by atoms with van der Waals surface area (Å²) in [6.45, 7) is 0.121. The maximum Gasteiger partial charge on any atom is 0.326 e. The second-order valence-corrected chi connectivity index (χ2v) is 9.81. The number of carboxylic acids is 2. The molecule has 15 nitrogen and oxygen atoms in total. The number of nitrogens with one attached hydrogen (secondary N) is 3. The summed E-state index contributed by atoms with van der Waals surface area (Å²) in [4.78, 5) is 65.4. The first-order valence-corrected chi connectivity index (χ1v) is 13.7. The third kappa shape index (κ3) is 13.1. The van der Waals surface area contributed by atoms with E-state index in [2.05, 4.69) is 20.9 Å². The Bertz CT molecular complexity index is 1050. The summed E-state index contributed by atoms with van der Waals surface area (Å²) in [5.74, 6) is -4.74. The van der Waals surface area contributed by atoms with Crippen molar-refractivity contribution in [2.24, 2.45) is 22.2 Å². The summed E-state index contributed by atoms with van der Waals surface area (Å²) in [6, 6.07) is 0.689. The van der Waals surface area contributed by atoms with E-state index >= 15 is 0 Å². The van der Waals surface area contributed by atoms with Gasteiger partial charge >= 0.3 is 11.9 Å². The summed E-state index contributed by atoms with van der Waals surface area (Å²) in [5.41, 5.74) is 16.8. The Morgan fingerprint density at radius 1 is 0.900 bits per heavy atom. The zero-order valence-corrected chi connectivity index (χ0v) is 22.9. The highest BCUT2D eigenvalue weighted by atomic mass is 32.2. The highest BCUT2D eigenvalue weighted by molar-refractivity contribution is 7.98. The number of hydrogen-bond donors (Lipinski definition) is 9. The third-order valence-electron chi connectivity index (χ3n) is 5.54. The van der Waals surface area contributed by atoms with Crippen LogP contribution < -0.4 is 33.2 Å². The van der Waals surface area contributed by atoms with E-state index in [1.54, 1.807) is 6.26 Å². The van der Waals surface area contributed by atoms with Crippen LogP contribution in [0.2, 0.25) is 0 Å². The van der Waals surface area contributed by atoms with E-state index in [0.717, 1.165) is 0 Å². The predicted octanol–water partition coefficient (Wildman–Crippen LogP) is -1.92. The van der Waals surface area contributed by atoms with Crippen molar-refractivity contribution in [3.8, 4) is 5.75 Å². The Hall–Kier alpha value is -4.05. The van der Waals surface area contributed by atoms with Gasteiger partial charge in [0.2, 0.25) is 17.7 Å². The van der Waals surface area contributed by atoms with Gasteiger partial charge in [-0.3, -0.25) is 24.2 Å². The molecule has 12 N–H and O–H groups in total. The Kier molecular flexibility index (Phi) is 14.9. The number of phenols is 1. The average Bonchev–Trinajstić information content (AvgIpc) is 2.87. The molecule has 0 bridgehead atoms. The first-order valence-electron chi connectivity index (χ1n) is 12.3. The minimum atomic E-state index is -1.44. The number of hydrogen-bond acceptors (Lipinski definition) is 9. The van der Waals surface area contributed by atoms with Gasteiger partial charge in [-0.2, -0.15) is 11.8 Å². The molecule has 0 fully saturated rings. The molecule has 222 valence electrons. The number of rotatable bonds is 18. The summed E-state index contributed by atoms with van der Waals surface area (Å²) in [7, 11) is 0. The molecule has 4 atom stereocenters. The van der Waals surface area contributed by atoms with Gasteiger partial charge in [0.15, 0.2) is 5.96 Å². The molecular formula is C24H37N7O8S. The van der Waals surface area contributed by atoms with E-state index < -0.39 is 60.2 Å². The van der Waals surface area contributed by atoms with Crippen LogP contribution in [0.15, 0.2) is 29.3 Å². The van der Waals surface area contributed by atoms with E-state index in [4.69, 9.17) is 22.3 Å². The van der Waals surface area contributed by atoms with Crippen LogP contribution in [0.25, 0.3) is 0 Å². The number of carbonyl (C=O) groups is 5. The summed E-state index contributed by atoms with van der Waals surface area (Å²) in [6.07, 6.45) is 1.43. The van der Waals surface area contributed by atoms with Crippen molar-refractivity contribution in [1.82, 2.24) is 16.0 Å². The number of aromatic hydroxyl groups is 1. The first-order chi connectivity index (χ1) is 18.8. The van der Waals surface area contributed by atoms with Crippen LogP contribution in [0, 0.1) is 0 Å². The lowest BCUT2D eigenvalue weighted by Gasteiger charge is -2.25. The fourth-order valence-corrected chi connectivity index (χ4v) is 3.92. The lowest BCUT2D eigenvalue weighted by Crippen LogP contribution is -2.57. The fraction of sp³-hybridized carbons (Fsp3) is 0.500. The highest BCUT2D eigenvalue weighted by Gasteiger charge is 2.30. The Labute approximate surface area is 235 Å². The average molecular weight is 584 g/mol. The number of phenolic OH excluding ortho intramolecular Hbond substituents is 1. The molecule has 0 aliphatic rings.